The molecule has 12 heteroatoms. The predicted octanol–water partition coefficient (Wildman–Crippen LogP) is 6.50. The Morgan fingerprint density at radius 2 is 1.30 bits per heavy atom. The first-order valence-corrected chi connectivity index (χ1v) is 13.6. The molecule has 6 rings (SSSR count). The number of anilines is 1. The number of aromatic hydroxyl groups is 2. The average molecular weight is 603 g/mol. The van der Waals surface area contributed by atoms with Crippen LogP contribution < -0.4 is 15.0 Å². The fourth-order valence-corrected chi connectivity index (χ4v) is 6.11. The highest BCUT2D eigenvalue weighted by molar-refractivity contribution is 6.24. The number of pyridine rings is 2. The van der Waals surface area contributed by atoms with Gasteiger partial charge in [-0.05, 0) is 83.9 Å². The molecule has 0 saturated carbocycles. The van der Waals surface area contributed by atoms with E-state index in [-0.39, 0.29) is 17.2 Å². The lowest BCUT2D eigenvalue weighted by molar-refractivity contribution is -0.274. The van der Waals surface area contributed by atoms with Crippen LogP contribution in [0.15, 0.2) is 85.2 Å². The zero-order valence-electron chi connectivity index (χ0n) is 23.3. The van der Waals surface area contributed by atoms with Crippen molar-refractivity contribution in [3.63, 3.8) is 0 Å². The van der Waals surface area contributed by atoms with E-state index in [2.05, 4.69) is 20.0 Å². The minimum atomic E-state index is -4.91. The number of phenolic OH excluding ortho intramolecular Hbond substituents is 2. The molecule has 3 heterocycles. The van der Waals surface area contributed by atoms with Crippen molar-refractivity contribution in [2.24, 2.45) is 0 Å². The van der Waals surface area contributed by atoms with Crippen molar-refractivity contribution in [3.05, 3.63) is 96.3 Å². The van der Waals surface area contributed by atoms with Gasteiger partial charge in [0.15, 0.2) is 0 Å². The molecule has 3 amide bonds. The maximum atomic E-state index is 14.7. The Balaban J connectivity index is 1.53. The van der Waals surface area contributed by atoms with E-state index in [4.69, 9.17) is 0 Å². The number of imide groups is 1. The van der Waals surface area contributed by atoms with Crippen LogP contribution in [0.25, 0.3) is 21.8 Å². The van der Waals surface area contributed by atoms with Gasteiger partial charge in [0.2, 0.25) is 0 Å². The Morgan fingerprint density at radius 1 is 0.795 bits per heavy atom. The largest absolute Gasteiger partial charge is 0.573 e. The molecular weight excluding hydrogens is 577 g/mol. The van der Waals surface area contributed by atoms with Crippen LogP contribution in [0.4, 0.5) is 23.7 Å². The summed E-state index contributed by atoms with van der Waals surface area (Å²) in [7, 11) is 0. The Bertz CT molecular complexity index is 1840. The number of urea groups is 1. The highest BCUT2D eigenvalue weighted by atomic mass is 19.4. The second-order valence-corrected chi connectivity index (χ2v) is 10.6. The van der Waals surface area contributed by atoms with Gasteiger partial charge >= 0.3 is 12.4 Å². The summed E-state index contributed by atoms with van der Waals surface area (Å²) in [5.41, 5.74) is 0.730. The van der Waals surface area contributed by atoms with E-state index in [1.807, 2.05) is 0 Å². The summed E-state index contributed by atoms with van der Waals surface area (Å²) in [5, 5.41) is 24.7. The number of fused-ring (bicyclic) bond motifs is 2. The Labute approximate surface area is 248 Å². The highest BCUT2D eigenvalue weighted by Crippen LogP contribution is 2.47. The first kappa shape index (κ1) is 28.7. The van der Waals surface area contributed by atoms with E-state index in [1.165, 1.54) is 36.4 Å². The molecule has 44 heavy (non-hydrogen) atoms. The van der Waals surface area contributed by atoms with Crippen LogP contribution in [0.5, 0.6) is 17.2 Å². The smallest absolute Gasteiger partial charge is 0.508 e. The molecule has 2 atom stereocenters. The number of nitrogens with zero attached hydrogens (tertiary/aromatic N) is 3. The number of alkyl halides is 3. The monoisotopic (exact) mass is 602 g/mol. The van der Waals surface area contributed by atoms with Crippen LogP contribution in [-0.2, 0) is 4.79 Å². The topological polar surface area (TPSA) is 125 Å². The quantitative estimate of drug-likeness (QED) is 0.190. The summed E-state index contributed by atoms with van der Waals surface area (Å²) in [4.78, 5) is 38.0. The second kappa shape index (κ2) is 10.4. The van der Waals surface area contributed by atoms with Crippen molar-refractivity contribution in [2.75, 3.05) is 4.90 Å². The summed E-state index contributed by atoms with van der Waals surface area (Å²) in [6.07, 6.45) is -1.77. The molecule has 9 nitrogen and oxygen atoms in total. The standard InChI is InChI=1S/C32H25F3N4O5/c1-17(23-11-13-36-27-9-5-20(40)15-25(23)27)31(18(2)24-12-14-37-28-10-6-21(41)16-26(24)28)29(42)39(30(43)38-31)19-3-7-22(8-4-19)44-32(33,34)35/h3-18,40-41H,1-2H3,(H,38,43). The zero-order chi connectivity index (χ0) is 31.4. The molecule has 2 unspecified atom stereocenters. The van der Waals surface area contributed by atoms with Crippen molar-refractivity contribution in [2.45, 2.75) is 37.6 Å². The number of hydrogen-bond acceptors (Lipinski definition) is 7. The number of carbonyl (C=O) groups excluding carboxylic acids is 2. The van der Waals surface area contributed by atoms with Gasteiger partial charge in [-0.1, -0.05) is 13.8 Å². The molecule has 224 valence electrons. The molecule has 1 fully saturated rings. The number of carbonyl (C=O) groups is 2. The van der Waals surface area contributed by atoms with Gasteiger partial charge in [0.05, 0.1) is 16.7 Å². The SMILES string of the molecule is CC(c1ccnc2ccc(O)cc12)C1(C(C)c2ccnc3ccc(O)cc23)NC(=O)N(c2ccc(OC(F)(F)F)cc2)C1=O. The molecule has 0 spiro atoms. The van der Waals surface area contributed by atoms with Crippen LogP contribution in [0.1, 0.15) is 36.8 Å². The zero-order valence-corrected chi connectivity index (χ0v) is 23.3. The molecule has 0 bridgehead atoms. The maximum Gasteiger partial charge on any atom is 0.573 e. The molecule has 1 aliphatic heterocycles. The normalized spacial score (nSPS) is 18.4. The molecule has 5 aromatic rings. The molecular formula is C32H25F3N4O5. The van der Waals surface area contributed by atoms with E-state index in [0.717, 1.165) is 17.0 Å². The number of rotatable bonds is 6. The molecule has 0 aliphatic carbocycles. The van der Waals surface area contributed by atoms with Crippen LogP contribution in [0, 0.1) is 0 Å². The molecule has 3 aromatic carbocycles. The van der Waals surface area contributed by atoms with E-state index in [0.29, 0.717) is 32.9 Å². The van der Waals surface area contributed by atoms with Gasteiger partial charge in [0, 0.05) is 35.0 Å². The summed E-state index contributed by atoms with van der Waals surface area (Å²) >= 11 is 0. The van der Waals surface area contributed by atoms with Gasteiger partial charge in [-0.2, -0.15) is 0 Å². The van der Waals surface area contributed by atoms with Crippen LogP contribution in [0.2, 0.25) is 0 Å². The van der Waals surface area contributed by atoms with Crippen LogP contribution in [0.3, 0.4) is 0 Å². The molecule has 1 aliphatic rings. The number of benzene rings is 3. The van der Waals surface area contributed by atoms with Crippen molar-refractivity contribution in [1.82, 2.24) is 15.3 Å². The van der Waals surface area contributed by atoms with Gasteiger partial charge in [-0.15, -0.1) is 13.2 Å². The number of aromatic nitrogens is 2. The van der Waals surface area contributed by atoms with E-state index in [1.54, 1.807) is 50.5 Å². The van der Waals surface area contributed by atoms with E-state index >= 15 is 0 Å². The van der Waals surface area contributed by atoms with Gasteiger partial charge in [0.25, 0.3) is 5.91 Å². The van der Waals surface area contributed by atoms with Gasteiger partial charge in [0.1, 0.15) is 22.8 Å². The molecule has 2 aromatic heterocycles. The molecule has 0 radical (unpaired) electrons. The number of amides is 3. The lowest BCUT2D eigenvalue weighted by atomic mass is 9.68. The summed E-state index contributed by atoms with van der Waals surface area (Å²) in [6, 6.07) is 16.4. The predicted molar refractivity (Wildman–Crippen MR) is 156 cm³/mol. The first-order chi connectivity index (χ1) is 20.9. The van der Waals surface area contributed by atoms with Crippen LogP contribution in [-0.4, -0.2) is 44.0 Å². The Morgan fingerprint density at radius 3 is 1.77 bits per heavy atom. The number of halogens is 3. The lowest BCUT2D eigenvalue weighted by Gasteiger charge is -2.39. The number of hydrogen-bond donors (Lipinski definition) is 3. The Hall–Kier alpha value is -5.39. The lowest BCUT2D eigenvalue weighted by Crippen LogP contribution is -2.55. The third-order valence-electron chi connectivity index (χ3n) is 8.22. The number of phenols is 2. The second-order valence-electron chi connectivity index (χ2n) is 10.6. The summed E-state index contributed by atoms with van der Waals surface area (Å²) in [5.74, 6) is -2.66. The van der Waals surface area contributed by atoms with Gasteiger partial charge in [-0.25, -0.2) is 9.69 Å². The maximum absolute atomic E-state index is 14.7. The van der Waals surface area contributed by atoms with Crippen molar-refractivity contribution >= 4 is 39.4 Å². The van der Waals surface area contributed by atoms with E-state index < -0.39 is 41.4 Å². The fraction of sp³-hybridized carbons (Fsp3) is 0.188. The van der Waals surface area contributed by atoms with E-state index in [9.17, 15) is 33.0 Å². The Kier molecular flexibility index (Phi) is 6.79. The highest BCUT2D eigenvalue weighted by Gasteiger charge is 2.59. The number of nitrogens with one attached hydrogen (secondary N) is 1. The molecule has 1 saturated heterocycles. The van der Waals surface area contributed by atoms with Gasteiger partial charge in [-0.3, -0.25) is 14.8 Å². The third-order valence-corrected chi connectivity index (χ3v) is 8.22. The van der Waals surface area contributed by atoms with Crippen molar-refractivity contribution < 1.29 is 37.7 Å². The van der Waals surface area contributed by atoms with Crippen molar-refractivity contribution in [1.29, 1.82) is 0 Å². The van der Waals surface area contributed by atoms with Crippen molar-refractivity contribution in [3.8, 4) is 17.2 Å². The van der Waals surface area contributed by atoms with Gasteiger partial charge < -0.3 is 20.3 Å². The summed E-state index contributed by atoms with van der Waals surface area (Å²) < 4.78 is 42.2. The summed E-state index contributed by atoms with van der Waals surface area (Å²) in [6.45, 7) is 3.55. The third kappa shape index (κ3) is 4.77. The molecule has 3 N–H and O–H groups in total. The number of ether oxygens (including phenoxy) is 1. The first-order valence-electron chi connectivity index (χ1n) is 13.6. The average Bonchev–Trinajstić information content (AvgIpc) is 3.25. The minimum absolute atomic E-state index is 0.0128. The van der Waals surface area contributed by atoms with Crippen LogP contribution >= 0.6 is 0 Å². The minimum Gasteiger partial charge on any atom is -0.508 e. The fourth-order valence-electron chi connectivity index (χ4n) is 6.11.